The van der Waals surface area contributed by atoms with E-state index in [1.807, 2.05) is 53.4 Å². The number of hydrogen-bond acceptors (Lipinski definition) is 5. The lowest BCUT2D eigenvalue weighted by Crippen LogP contribution is -2.31. The van der Waals surface area contributed by atoms with Gasteiger partial charge in [0.05, 0.1) is 17.1 Å². The quantitative estimate of drug-likeness (QED) is 0.551. The van der Waals surface area contributed by atoms with Crippen LogP contribution in [0.1, 0.15) is 11.1 Å². The van der Waals surface area contributed by atoms with Crippen LogP contribution in [0.2, 0.25) is 5.02 Å². The minimum atomic E-state index is -1.01. The van der Waals surface area contributed by atoms with Gasteiger partial charge in [-0.05, 0) is 47.9 Å². The van der Waals surface area contributed by atoms with Crippen molar-refractivity contribution < 1.29 is 14.3 Å². The monoisotopic (exact) mass is 451 g/mol. The number of fused-ring (bicyclic) bond motifs is 1. The van der Waals surface area contributed by atoms with Crippen LogP contribution in [-0.4, -0.2) is 37.6 Å². The van der Waals surface area contributed by atoms with E-state index in [2.05, 4.69) is 5.32 Å². The molecular formula is C25H23ClFN3O2. The second-order valence-corrected chi connectivity index (χ2v) is 7.69. The first-order chi connectivity index (χ1) is 15.5. The molecule has 32 heavy (non-hydrogen) atoms. The number of anilines is 2. The van der Waals surface area contributed by atoms with Crippen molar-refractivity contribution in [2.75, 3.05) is 30.4 Å². The molecule has 1 unspecified atom stereocenters. The first kappa shape index (κ1) is 23.3. The van der Waals surface area contributed by atoms with Crippen LogP contribution in [0.15, 0.2) is 60.7 Å². The van der Waals surface area contributed by atoms with Crippen molar-refractivity contribution in [3.63, 3.8) is 0 Å². The average molecular weight is 452 g/mol. The second-order valence-electron chi connectivity index (χ2n) is 7.28. The van der Waals surface area contributed by atoms with Crippen molar-refractivity contribution >= 4 is 29.3 Å². The summed E-state index contributed by atoms with van der Waals surface area (Å²) in [6, 6.07) is 19.9. The van der Waals surface area contributed by atoms with Crippen LogP contribution >= 0.6 is 11.6 Å². The van der Waals surface area contributed by atoms with Crippen LogP contribution in [0, 0.1) is 17.1 Å². The van der Waals surface area contributed by atoms with Gasteiger partial charge in [-0.25, -0.2) is 4.39 Å². The molecule has 5 nitrogen and oxygen atoms in total. The zero-order chi connectivity index (χ0) is 23.1. The number of aliphatic hydroxyl groups excluding tert-OH is 1. The molecular weight excluding hydrogens is 429 g/mol. The van der Waals surface area contributed by atoms with Crippen LogP contribution in [0.25, 0.3) is 11.1 Å². The fourth-order valence-corrected chi connectivity index (χ4v) is 3.75. The Labute approximate surface area is 191 Å². The number of aliphatic hydroxyl groups is 1. The summed E-state index contributed by atoms with van der Waals surface area (Å²) in [4.78, 5) is 12.5. The second kappa shape index (κ2) is 10.8. The van der Waals surface area contributed by atoms with Gasteiger partial charge < -0.3 is 20.1 Å². The van der Waals surface area contributed by atoms with Crippen molar-refractivity contribution in [1.82, 2.24) is 0 Å². The molecule has 1 heterocycles. The highest BCUT2D eigenvalue weighted by Gasteiger charge is 2.23. The summed E-state index contributed by atoms with van der Waals surface area (Å²) in [5, 5.41) is 21.4. The van der Waals surface area contributed by atoms with E-state index in [-0.39, 0.29) is 12.4 Å². The predicted molar refractivity (Wildman–Crippen MR) is 126 cm³/mol. The van der Waals surface area contributed by atoms with E-state index in [4.69, 9.17) is 16.9 Å². The van der Waals surface area contributed by atoms with Gasteiger partial charge in [-0.3, -0.25) is 0 Å². The van der Waals surface area contributed by atoms with Gasteiger partial charge in [0, 0.05) is 30.5 Å². The van der Waals surface area contributed by atoms with Crippen LogP contribution in [-0.2, 0) is 11.2 Å². The molecule has 0 bridgehead atoms. The maximum absolute atomic E-state index is 14.3. The Hall–Kier alpha value is -3.40. The smallest absolute Gasteiger partial charge is 0.150 e. The van der Waals surface area contributed by atoms with E-state index >= 15 is 0 Å². The lowest BCUT2D eigenvalue weighted by molar-refractivity contribution is -0.114. The van der Waals surface area contributed by atoms with Crippen LogP contribution in [0.4, 0.5) is 15.8 Å². The van der Waals surface area contributed by atoms with Gasteiger partial charge in [-0.2, -0.15) is 5.26 Å². The van der Waals surface area contributed by atoms with Crippen molar-refractivity contribution in [2.45, 2.75) is 12.5 Å². The zero-order valence-corrected chi connectivity index (χ0v) is 18.3. The van der Waals surface area contributed by atoms with Crippen molar-refractivity contribution in [1.29, 1.82) is 5.26 Å². The molecule has 164 valence electrons. The molecule has 3 aromatic carbocycles. The van der Waals surface area contributed by atoms with Crippen molar-refractivity contribution in [2.24, 2.45) is 0 Å². The maximum Gasteiger partial charge on any atom is 0.150 e. The first-order valence-corrected chi connectivity index (χ1v) is 10.5. The normalized spacial score (nSPS) is 12.8. The number of aldehydes is 1. The summed E-state index contributed by atoms with van der Waals surface area (Å²) in [5.74, 6) is -0.238. The van der Waals surface area contributed by atoms with Gasteiger partial charge in [0.15, 0.2) is 0 Å². The Morgan fingerprint density at radius 2 is 2.00 bits per heavy atom. The summed E-state index contributed by atoms with van der Waals surface area (Å²) >= 11 is 5.75. The van der Waals surface area contributed by atoms with E-state index in [9.17, 15) is 14.3 Å². The van der Waals surface area contributed by atoms with Gasteiger partial charge in [0.2, 0.25) is 0 Å². The minimum Gasteiger partial charge on any atom is -0.388 e. The molecule has 1 aliphatic rings. The molecule has 3 aromatic rings. The Kier molecular flexibility index (Phi) is 7.82. The van der Waals surface area contributed by atoms with Crippen LogP contribution in [0.5, 0.6) is 0 Å². The molecule has 1 aliphatic heterocycles. The molecule has 7 heteroatoms. The Balaban J connectivity index is 0.000000222. The highest BCUT2D eigenvalue weighted by Crippen LogP contribution is 2.34. The Morgan fingerprint density at radius 3 is 2.62 bits per heavy atom. The van der Waals surface area contributed by atoms with E-state index in [0.29, 0.717) is 29.0 Å². The Morgan fingerprint density at radius 1 is 1.25 bits per heavy atom. The third-order valence-corrected chi connectivity index (χ3v) is 5.50. The fraction of sp³-hybridized carbons (Fsp3) is 0.200. The number of nitriles is 1. The lowest BCUT2D eigenvalue weighted by Gasteiger charge is -2.21. The number of β-amino-alcohol motifs (C(OH)–C–C–N with tert-alkyl or cyclic N) is 1. The van der Waals surface area contributed by atoms with Gasteiger partial charge in [-0.15, -0.1) is 0 Å². The van der Waals surface area contributed by atoms with Gasteiger partial charge in [0.25, 0.3) is 0 Å². The van der Waals surface area contributed by atoms with Crippen LogP contribution in [0.3, 0.4) is 0 Å². The van der Waals surface area contributed by atoms with Gasteiger partial charge in [0.1, 0.15) is 24.3 Å². The number of nitrogens with zero attached hydrogens (tertiary/aromatic N) is 2. The maximum atomic E-state index is 14.3. The number of carbonyl (C=O) groups is 1. The van der Waals surface area contributed by atoms with E-state index < -0.39 is 6.10 Å². The summed E-state index contributed by atoms with van der Waals surface area (Å²) in [5.41, 5.74) is 4.60. The number of nitrogens with one attached hydrogen (secondary N) is 1. The number of benzene rings is 3. The number of halogens is 2. The van der Waals surface area contributed by atoms with Crippen LogP contribution < -0.4 is 10.2 Å². The minimum absolute atomic E-state index is 0.238. The fourth-order valence-electron chi connectivity index (χ4n) is 3.53. The summed E-state index contributed by atoms with van der Waals surface area (Å²) < 4.78 is 14.3. The summed E-state index contributed by atoms with van der Waals surface area (Å²) in [7, 11) is 1.80. The largest absolute Gasteiger partial charge is 0.388 e. The van der Waals surface area contributed by atoms with Gasteiger partial charge in [-0.1, -0.05) is 41.9 Å². The number of carbonyl (C=O) groups excluding carboxylic acids is 1. The standard InChI is InChI=1S/C17H16FNO2.C8H7ClN2/c18-16-8-13-6-7-19(10-14(21)11-20)17(13)9-15(16)12-4-2-1-3-5-12;1-11-7-3-2-6(5-10)8(9)4-7/h1-5,8-9,11,14,21H,6-7,10H2;2-4,11H,1H3. The molecule has 1 atom stereocenters. The van der Waals surface area contributed by atoms with Gasteiger partial charge >= 0.3 is 0 Å². The summed E-state index contributed by atoms with van der Waals surface area (Å²) in [6.07, 6.45) is 0.244. The predicted octanol–water partition coefficient (Wildman–Crippen LogP) is 4.67. The van der Waals surface area contributed by atoms with E-state index in [1.54, 1.807) is 25.2 Å². The SMILES string of the molecule is CNc1ccc(C#N)c(Cl)c1.O=CC(O)CN1CCc2cc(F)c(-c3ccccc3)cc21. The molecule has 0 radical (unpaired) electrons. The molecule has 0 spiro atoms. The van der Waals surface area contributed by atoms with E-state index in [1.165, 1.54) is 0 Å². The molecule has 0 saturated carbocycles. The third kappa shape index (κ3) is 5.44. The average Bonchev–Trinajstić information content (AvgIpc) is 3.20. The third-order valence-electron chi connectivity index (χ3n) is 5.19. The highest BCUT2D eigenvalue weighted by atomic mass is 35.5. The Bertz CT molecular complexity index is 1130. The first-order valence-electron chi connectivity index (χ1n) is 10.1. The molecule has 4 rings (SSSR count). The number of hydrogen-bond donors (Lipinski definition) is 2. The molecule has 2 N–H and O–H groups in total. The molecule has 0 amide bonds. The molecule has 0 aromatic heterocycles. The topological polar surface area (TPSA) is 76.4 Å². The molecule has 0 aliphatic carbocycles. The zero-order valence-electron chi connectivity index (χ0n) is 17.6. The molecule has 0 fully saturated rings. The lowest BCUT2D eigenvalue weighted by atomic mass is 10.0. The van der Waals surface area contributed by atoms with Crippen molar-refractivity contribution in [3.8, 4) is 17.2 Å². The number of rotatable bonds is 5. The molecule has 0 saturated heterocycles. The van der Waals surface area contributed by atoms with E-state index in [0.717, 1.165) is 28.9 Å². The van der Waals surface area contributed by atoms with Crippen molar-refractivity contribution in [3.05, 3.63) is 82.6 Å². The summed E-state index contributed by atoms with van der Waals surface area (Å²) in [6.45, 7) is 0.939. The highest BCUT2D eigenvalue weighted by molar-refractivity contribution is 6.32.